The molecule has 0 bridgehead atoms. The Bertz CT molecular complexity index is 612. The van der Waals surface area contributed by atoms with Gasteiger partial charge in [0.2, 0.25) is 5.78 Å². The van der Waals surface area contributed by atoms with Crippen molar-refractivity contribution in [3.05, 3.63) is 65.9 Å². The molecule has 1 aromatic heterocycles. The summed E-state index contributed by atoms with van der Waals surface area (Å²) in [6.45, 7) is 2.57. The van der Waals surface area contributed by atoms with Crippen LogP contribution in [0.2, 0.25) is 0 Å². The first-order valence-corrected chi connectivity index (χ1v) is 6.53. The molecule has 0 fully saturated rings. The minimum Gasteiger partial charge on any atom is -0.383 e. The Hall–Kier alpha value is -2.36. The molecule has 0 saturated carbocycles. The van der Waals surface area contributed by atoms with E-state index in [-0.39, 0.29) is 5.78 Å². The van der Waals surface area contributed by atoms with E-state index in [0.717, 1.165) is 11.4 Å². The Kier molecular flexibility index (Phi) is 4.35. The van der Waals surface area contributed by atoms with Crippen LogP contribution >= 0.6 is 0 Å². The number of nitrogens with zero attached hydrogens (tertiary/aromatic N) is 3. The van der Waals surface area contributed by atoms with E-state index < -0.39 is 0 Å². The topological polar surface area (TPSA) is 38.1 Å². The lowest BCUT2D eigenvalue weighted by molar-refractivity contribution is 0.103. The number of carbonyl (C=O) groups is 1. The number of hydrogen-bond donors (Lipinski definition) is 0. The molecule has 0 aliphatic carbocycles. The number of rotatable bonds is 5. The first kappa shape index (κ1) is 14.1. The minimum absolute atomic E-state index is 0.0322. The molecule has 2 aromatic rings. The van der Waals surface area contributed by atoms with Crippen LogP contribution in [0.15, 0.2) is 48.8 Å². The second-order valence-electron chi connectivity index (χ2n) is 4.91. The zero-order valence-corrected chi connectivity index (χ0v) is 12.1. The Balaban J connectivity index is 2.26. The molecule has 0 amide bonds. The van der Waals surface area contributed by atoms with E-state index in [1.807, 2.05) is 60.8 Å². The summed E-state index contributed by atoms with van der Waals surface area (Å²) in [7, 11) is 3.77. The van der Waals surface area contributed by atoms with Crippen molar-refractivity contribution in [1.29, 1.82) is 0 Å². The third kappa shape index (κ3) is 3.35. The molecule has 1 aromatic carbocycles. The number of aromatic nitrogens is 2. The Morgan fingerprint density at radius 3 is 2.65 bits per heavy atom. The lowest BCUT2D eigenvalue weighted by Gasteiger charge is -2.09. The summed E-state index contributed by atoms with van der Waals surface area (Å²) >= 11 is 0. The average molecular weight is 269 g/mol. The SMILES string of the molecule is Cc1ncc(C(=O)C=CN(C)C)n1Cc1ccccc1. The highest BCUT2D eigenvalue weighted by Gasteiger charge is 2.12. The predicted molar refractivity (Wildman–Crippen MR) is 79.7 cm³/mol. The average Bonchev–Trinajstić information content (AvgIpc) is 2.79. The van der Waals surface area contributed by atoms with Gasteiger partial charge in [-0.25, -0.2) is 4.98 Å². The molecule has 0 atom stereocenters. The van der Waals surface area contributed by atoms with Crippen molar-refractivity contribution < 1.29 is 4.79 Å². The van der Waals surface area contributed by atoms with Gasteiger partial charge in [-0.05, 0) is 12.5 Å². The van der Waals surface area contributed by atoms with E-state index in [4.69, 9.17) is 0 Å². The third-order valence-electron chi connectivity index (χ3n) is 3.02. The Morgan fingerprint density at radius 1 is 1.30 bits per heavy atom. The number of allylic oxidation sites excluding steroid dienone is 1. The highest BCUT2D eigenvalue weighted by Crippen LogP contribution is 2.11. The van der Waals surface area contributed by atoms with E-state index in [1.165, 1.54) is 0 Å². The van der Waals surface area contributed by atoms with E-state index in [9.17, 15) is 4.79 Å². The summed E-state index contributed by atoms with van der Waals surface area (Å²) in [4.78, 5) is 18.3. The smallest absolute Gasteiger partial charge is 0.205 e. The van der Waals surface area contributed by atoms with Crippen LogP contribution in [0, 0.1) is 6.92 Å². The molecule has 0 saturated heterocycles. The molecule has 0 aliphatic rings. The maximum Gasteiger partial charge on any atom is 0.205 e. The molecule has 4 heteroatoms. The second-order valence-corrected chi connectivity index (χ2v) is 4.91. The minimum atomic E-state index is -0.0322. The van der Waals surface area contributed by atoms with Gasteiger partial charge in [-0.15, -0.1) is 0 Å². The fourth-order valence-electron chi connectivity index (χ4n) is 1.93. The molecule has 1 heterocycles. The zero-order chi connectivity index (χ0) is 14.5. The molecule has 4 nitrogen and oxygen atoms in total. The van der Waals surface area contributed by atoms with Gasteiger partial charge >= 0.3 is 0 Å². The van der Waals surface area contributed by atoms with Crippen molar-refractivity contribution >= 4 is 5.78 Å². The number of imidazole rings is 1. The normalized spacial score (nSPS) is 10.9. The van der Waals surface area contributed by atoms with Crippen LogP contribution in [-0.4, -0.2) is 34.3 Å². The molecule has 2 rings (SSSR count). The highest BCUT2D eigenvalue weighted by atomic mass is 16.1. The molecule has 104 valence electrons. The van der Waals surface area contributed by atoms with Gasteiger partial charge in [0.25, 0.3) is 0 Å². The van der Waals surface area contributed by atoms with Crippen LogP contribution in [0.3, 0.4) is 0 Å². The molecular weight excluding hydrogens is 250 g/mol. The Labute approximate surface area is 119 Å². The van der Waals surface area contributed by atoms with Gasteiger partial charge in [-0.1, -0.05) is 30.3 Å². The number of carbonyl (C=O) groups excluding carboxylic acids is 1. The number of aryl methyl sites for hydroxylation is 1. The van der Waals surface area contributed by atoms with E-state index in [1.54, 1.807) is 18.5 Å². The molecule has 0 aliphatic heterocycles. The van der Waals surface area contributed by atoms with Gasteiger partial charge in [-0.2, -0.15) is 0 Å². The van der Waals surface area contributed by atoms with Crippen molar-refractivity contribution in [2.75, 3.05) is 14.1 Å². The standard InChI is InChI=1S/C16H19N3O/c1-13-17-11-15(16(20)9-10-18(2)3)19(13)12-14-7-5-4-6-8-14/h4-11H,12H2,1-3H3. The van der Waals surface area contributed by atoms with Gasteiger partial charge in [-0.3, -0.25) is 4.79 Å². The third-order valence-corrected chi connectivity index (χ3v) is 3.02. The maximum absolute atomic E-state index is 12.2. The van der Waals surface area contributed by atoms with E-state index in [0.29, 0.717) is 12.2 Å². The quantitative estimate of drug-likeness (QED) is 0.618. The molecule has 20 heavy (non-hydrogen) atoms. The fourth-order valence-corrected chi connectivity index (χ4v) is 1.93. The molecule has 0 radical (unpaired) electrons. The fraction of sp³-hybridized carbons (Fsp3) is 0.250. The van der Waals surface area contributed by atoms with Crippen LogP contribution in [0.1, 0.15) is 21.9 Å². The van der Waals surface area contributed by atoms with Crippen molar-refractivity contribution in [3.63, 3.8) is 0 Å². The summed E-state index contributed by atoms with van der Waals surface area (Å²) in [6.07, 6.45) is 4.95. The predicted octanol–water partition coefficient (Wildman–Crippen LogP) is 2.50. The molecule has 0 N–H and O–H groups in total. The Morgan fingerprint density at radius 2 is 2.00 bits per heavy atom. The number of benzene rings is 1. The van der Waals surface area contributed by atoms with Crippen molar-refractivity contribution in [1.82, 2.24) is 14.5 Å². The second kappa shape index (κ2) is 6.19. The van der Waals surface area contributed by atoms with Gasteiger partial charge in [0, 0.05) is 32.9 Å². The van der Waals surface area contributed by atoms with Crippen LogP contribution in [0.4, 0.5) is 0 Å². The summed E-state index contributed by atoms with van der Waals surface area (Å²) in [5.41, 5.74) is 1.77. The van der Waals surface area contributed by atoms with Crippen LogP contribution in [0.5, 0.6) is 0 Å². The van der Waals surface area contributed by atoms with Crippen molar-refractivity contribution in [2.24, 2.45) is 0 Å². The first-order valence-electron chi connectivity index (χ1n) is 6.53. The molecule has 0 spiro atoms. The van der Waals surface area contributed by atoms with Crippen LogP contribution in [0.25, 0.3) is 0 Å². The number of hydrogen-bond acceptors (Lipinski definition) is 3. The van der Waals surface area contributed by atoms with Gasteiger partial charge in [0.15, 0.2) is 0 Å². The van der Waals surface area contributed by atoms with Gasteiger partial charge in [0.05, 0.1) is 6.20 Å². The monoisotopic (exact) mass is 269 g/mol. The largest absolute Gasteiger partial charge is 0.383 e. The summed E-state index contributed by atoms with van der Waals surface area (Å²) in [6, 6.07) is 10.1. The molecule has 0 unspecified atom stereocenters. The van der Waals surface area contributed by atoms with E-state index >= 15 is 0 Å². The summed E-state index contributed by atoms with van der Waals surface area (Å²) < 4.78 is 1.94. The first-order chi connectivity index (χ1) is 9.58. The molecular formula is C16H19N3O. The van der Waals surface area contributed by atoms with Gasteiger partial charge in [0.1, 0.15) is 11.5 Å². The van der Waals surface area contributed by atoms with Crippen molar-refractivity contribution in [2.45, 2.75) is 13.5 Å². The lowest BCUT2D eigenvalue weighted by atomic mass is 10.2. The van der Waals surface area contributed by atoms with Crippen LogP contribution in [-0.2, 0) is 6.54 Å². The maximum atomic E-state index is 12.2. The van der Waals surface area contributed by atoms with E-state index in [2.05, 4.69) is 4.98 Å². The summed E-state index contributed by atoms with van der Waals surface area (Å²) in [5, 5.41) is 0. The highest BCUT2D eigenvalue weighted by molar-refractivity contribution is 6.03. The summed E-state index contributed by atoms with van der Waals surface area (Å²) in [5.74, 6) is 0.811. The van der Waals surface area contributed by atoms with Crippen LogP contribution < -0.4 is 0 Å². The number of ketones is 1. The van der Waals surface area contributed by atoms with Crippen molar-refractivity contribution in [3.8, 4) is 0 Å². The lowest BCUT2D eigenvalue weighted by Crippen LogP contribution is -2.11. The zero-order valence-electron chi connectivity index (χ0n) is 12.1. The van der Waals surface area contributed by atoms with Gasteiger partial charge < -0.3 is 9.47 Å².